The summed E-state index contributed by atoms with van der Waals surface area (Å²) in [6, 6.07) is 2.19. The first kappa shape index (κ1) is 12.6. The molecule has 0 bridgehead atoms. The fourth-order valence-electron chi connectivity index (χ4n) is 1.77. The van der Waals surface area contributed by atoms with Crippen molar-refractivity contribution < 1.29 is 4.74 Å². The summed E-state index contributed by atoms with van der Waals surface area (Å²) in [5, 5.41) is 4.05. The van der Waals surface area contributed by atoms with E-state index in [2.05, 4.69) is 16.1 Å². The highest BCUT2D eigenvalue weighted by atomic mass is 16.5. The maximum atomic E-state index is 5.77. The SMILES string of the molecule is Cc1cc(CC(C)N)cnc1Oc1cnn(C)c1. The zero-order chi connectivity index (χ0) is 13.1. The first-order chi connectivity index (χ1) is 8.54. The lowest BCUT2D eigenvalue weighted by Gasteiger charge is -2.09. The molecule has 0 aliphatic heterocycles. The number of nitrogens with two attached hydrogens (primary N) is 1. The standard InChI is InChI=1S/C13H18N4O/c1-9-4-11(5-10(2)14)6-15-13(9)18-12-7-16-17(3)8-12/h4,6-8,10H,5,14H2,1-3H3. The van der Waals surface area contributed by atoms with Crippen LogP contribution in [0, 0.1) is 6.92 Å². The Hall–Kier alpha value is -1.88. The van der Waals surface area contributed by atoms with Gasteiger partial charge in [-0.3, -0.25) is 4.68 Å². The maximum Gasteiger partial charge on any atom is 0.222 e. The van der Waals surface area contributed by atoms with E-state index in [1.165, 1.54) is 0 Å². The predicted molar refractivity (Wildman–Crippen MR) is 69.6 cm³/mol. The highest BCUT2D eigenvalue weighted by Gasteiger charge is 2.07. The predicted octanol–water partition coefficient (Wildman–Crippen LogP) is 1.81. The van der Waals surface area contributed by atoms with Gasteiger partial charge in [0.25, 0.3) is 0 Å². The monoisotopic (exact) mass is 246 g/mol. The van der Waals surface area contributed by atoms with Crippen molar-refractivity contribution in [3.8, 4) is 11.6 Å². The second-order valence-corrected chi connectivity index (χ2v) is 4.60. The zero-order valence-electron chi connectivity index (χ0n) is 10.9. The molecular formula is C13H18N4O. The Morgan fingerprint density at radius 3 is 2.78 bits per heavy atom. The molecule has 0 aromatic carbocycles. The third-order valence-electron chi connectivity index (χ3n) is 2.54. The normalized spacial score (nSPS) is 12.4. The van der Waals surface area contributed by atoms with Crippen LogP contribution in [0.1, 0.15) is 18.1 Å². The summed E-state index contributed by atoms with van der Waals surface area (Å²) in [5.41, 5.74) is 7.89. The molecule has 1 unspecified atom stereocenters. The molecule has 5 heteroatoms. The van der Waals surface area contributed by atoms with Gasteiger partial charge in [-0.15, -0.1) is 0 Å². The van der Waals surface area contributed by atoms with Crippen LogP contribution in [-0.2, 0) is 13.5 Å². The lowest BCUT2D eigenvalue weighted by molar-refractivity contribution is 0.457. The number of aryl methyl sites for hydroxylation is 2. The van der Waals surface area contributed by atoms with Crippen LogP contribution in [0.25, 0.3) is 0 Å². The molecule has 96 valence electrons. The number of rotatable bonds is 4. The summed E-state index contributed by atoms with van der Waals surface area (Å²) in [7, 11) is 1.85. The number of nitrogens with zero attached hydrogens (tertiary/aromatic N) is 3. The van der Waals surface area contributed by atoms with E-state index in [0.717, 1.165) is 17.5 Å². The van der Waals surface area contributed by atoms with Crippen LogP contribution < -0.4 is 10.5 Å². The van der Waals surface area contributed by atoms with Gasteiger partial charge in [-0.05, 0) is 31.9 Å². The van der Waals surface area contributed by atoms with E-state index in [-0.39, 0.29) is 6.04 Å². The minimum Gasteiger partial charge on any atom is -0.435 e. The zero-order valence-corrected chi connectivity index (χ0v) is 10.9. The maximum absolute atomic E-state index is 5.77. The molecule has 1 atom stereocenters. The molecule has 2 N–H and O–H groups in total. The fraction of sp³-hybridized carbons (Fsp3) is 0.385. The quantitative estimate of drug-likeness (QED) is 0.893. The van der Waals surface area contributed by atoms with E-state index in [4.69, 9.17) is 10.5 Å². The van der Waals surface area contributed by atoms with E-state index >= 15 is 0 Å². The molecule has 5 nitrogen and oxygen atoms in total. The number of pyridine rings is 1. The molecule has 0 aliphatic carbocycles. The Bertz CT molecular complexity index is 534. The van der Waals surface area contributed by atoms with Crippen LogP contribution in [-0.4, -0.2) is 20.8 Å². The van der Waals surface area contributed by atoms with Crippen molar-refractivity contribution in [2.45, 2.75) is 26.3 Å². The Labute approximate surface area is 107 Å². The van der Waals surface area contributed by atoms with Crippen molar-refractivity contribution >= 4 is 0 Å². The van der Waals surface area contributed by atoms with Gasteiger partial charge in [0.15, 0.2) is 5.75 Å². The van der Waals surface area contributed by atoms with Crippen molar-refractivity contribution in [3.63, 3.8) is 0 Å². The first-order valence-electron chi connectivity index (χ1n) is 5.92. The fourth-order valence-corrected chi connectivity index (χ4v) is 1.77. The smallest absolute Gasteiger partial charge is 0.222 e. The second kappa shape index (κ2) is 5.18. The van der Waals surface area contributed by atoms with Gasteiger partial charge >= 0.3 is 0 Å². The Morgan fingerprint density at radius 1 is 1.44 bits per heavy atom. The van der Waals surface area contributed by atoms with Gasteiger partial charge in [-0.2, -0.15) is 5.10 Å². The summed E-state index contributed by atoms with van der Waals surface area (Å²) >= 11 is 0. The number of hydrogen-bond acceptors (Lipinski definition) is 4. The molecule has 2 rings (SSSR count). The molecule has 2 heterocycles. The number of ether oxygens (including phenoxy) is 1. The highest BCUT2D eigenvalue weighted by Crippen LogP contribution is 2.22. The summed E-state index contributed by atoms with van der Waals surface area (Å²) in [5.74, 6) is 1.30. The van der Waals surface area contributed by atoms with Crippen molar-refractivity contribution in [1.82, 2.24) is 14.8 Å². The third kappa shape index (κ3) is 3.07. The van der Waals surface area contributed by atoms with E-state index in [9.17, 15) is 0 Å². The molecular weight excluding hydrogens is 228 g/mol. The molecule has 0 radical (unpaired) electrons. The summed E-state index contributed by atoms with van der Waals surface area (Å²) in [6.45, 7) is 3.96. The summed E-state index contributed by atoms with van der Waals surface area (Å²) in [4.78, 5) is 4.32. The van der Waals surface area contributed by atoms with Crippen LogP contribution in [0.5, 0.6) is 11.6 Å². The Balaban J connectivity index is 2.14. The molecule has 2 aromatic heterocycles. The van der Waals surface area contributed by atoms with Gasteiger partial charge in [-0.25, -0.2) is 4.98 Å². The molecule has 0 amide bonds. The molecule has 2 aromatic rings. The first-order valence-corrected chi connectivity index (χ1v) is 5.92. The minimum absolute atomic E-state index is 0.135. The largest absolute Gasteiger partial charge is 0.435 e. The molecule has 0 saturated carbocycles. The van der Waals surface area contributed by atoms with Crippen molar-refractivity contribution in [2.24, 2.45) is 12.8 Å². The van der Waals surface area contributed by atoms with Crippen LogP contribution in [0.2, 0.25) is 0 Å². The molecule has 0 spiro atoms. The van der Waals surface area contributed by atoms with Gasteiger partial charge in [0.05, 0.1) is 12.4 Å². The van der Waals surface area contributed by atoms with Gasteiger partial charge in [0.1, 0.15) is 0 Å². The van der Waals surface area contributed by atoms with Crippen molar-refractivity contribution in [1.29, 1.82) is 0 Å². The minimum atomic E-state index is 0.135. The van der Waals surface area contributed by atoms with Gasteiger partial charge in [0.2, 0.25) is 5.88 Å². The van der Waals surface area contributed by atoms with Crippen molar-refractivity contribution in [2.75, 3.05) is 0 Å². The van der Waals surface area contributed by atoms with E-state index < -0.39 is 0 Å². The van der Waals surface area contributed by atoms with Gasteiger partial charge in [-0.1, -0.05) is 0 Å². The topological polar surface area (TPSA) is 66.0 Å². The molecule has 18 heavy (non-hydrogen) atoms. The lowest BCUT2D eigenvalue weighted by Crippen LogP contribution is -2.17. The van der Waals surface area contributed by atoms with Crippen LogP contribution in [0.3, 0.4) is 0 Å². The number of hydrogen-bond donors (Lipinski definition) is 1. The lowest BCUT2D eigenvalue weighted by atomic mass is 10.1. The third-order valence-corrected chi connectivity index (χ3v) is 2.54. The van der Waals surface area contributed by atoms with E-state index in [0.29, 0.717) is 11.6 Å². The summed E-state index contributed by atoms with van der Waals surface area (Å²) in [6.07, 6.45) is 6.09. The van der Waals surface area contributed by atoms with E-state index in [1.807, 2.05) is 27.1 Å². The molecule has 0 aliphatic rings. The summed E-state index contributed by atoms with van der Waals surface area (Å²) < 4.78 is 7.35. The van der Waals surface area contributed by atoms with Gasteiger partial charge in [0, 0.05) is 24.8 Å². The second-order valence-electron chi connectivity index (χ2n) is 4.60. The highest BCUT2D eigenvalue weighted by molar-refractivity contribution is 5.32. The van der Waals surface area contributed by atoms with Crippen LogP contribution in [0.15, 0.2) is 24.7 Å². The molecule has 0 fully saturated rings. The average Bonchev–Trinajstić information content (AvgIpc) is 2.67. The Morgan fingerprint density at radius 2 is 2.22 bits per heavy atom. The Kier molecular flexibility index (Phi) is 3.62. The average molecular weight is 246 g/mol. The van der Waals surface area contributed by atoms with Crippen LogP contribution in [0.4, 0.5) is 0 Å². The van der Waals surface area contributed by atoms with E-state index in [1.54, 1.807) is 17.1 Å². The van der Waals surface area contributed by atoms with Crippen LogP contribution >= 0.6 is 0 Å². The van der Waals surface area contributed by atoms with Gasteiger partial charge < -0.3 is 10.5 Å². The van der Waals surface area contributed by atoms with Crippen molar-refractivity contribution in [3.05, 3.63) is 35.8 Å². The molecule has 0 saturated heterocycles. The number of aromatic nitrogens is 3.